The molecule has 4 aromatic rings. The van der Waals surface area contributed by atoms with Crippen molar-refractivity contribution in [2.75, 3.05) is 0 Å². The molecule has 0 aliphatic carbocycles. The maximum Gasteiger partial charge on any atom is 0.256 e. The van der Waals surface area contributed by atoms with Crippen LogP contribution in [0, 0.1) is 25.2 Å². The summed E-state index contributed by atoms with van der Waals surface area (Å²) < 4.78 is 33.5. The lowest BCUT2D eigenvalue weighted by atomic mass is 9.93. The highest BCUT2D eigenvalue weighted by Gasteiger charge is 2.18. The molecule has 0 spiro atoms. The average molecular weight is 417 g/mol. The SMILES string of the molecule is Cc1ccc(OCc2ccccc2)c(C)c1-c1cc(C#N)nc2c1ccn2CC(F)F. The van der Waals surface area contributed by atoms with Crippen LogP contribution in [0.3, 0.4) is 0 Å². The van der Waals surface area contributed by atoms with E-state index in [1.54, 1.807) is 18.3 Å². The van der Waals surface area contributed by atoms with Crippen molar-refractivity contribution >= 4 is 11.0 Å². The Morgan fingerprint density at radius 2 is 1.87 bits per heavy atom. The van der Waals surface area contributed by atoms with Gasteiger partial charge in [-0.1, -0.05) is 36.4 Å². The molecule has 0 saturated carbocycles. The third kappa shape index (κ3) is 4.13. The molecule has 4 nitrogen and oxygen atoms in total. The lowest BCUT2D eigenvalue weighted by Gasteiger charge is -2.17. The van der Waals surface area contributed by atoms with Crippen molar-refractivity contribution in [3.8, 4) is 22.9 Å². The zero-order valence-electron chi connectivity index (χ0n) is 17.3. The van der Waals surface area contributed by atoms with Gasteiger partial charge in [0.2, 0.25) is 0 Å². The topological polar surface area (TPSA) is 50.8 Å². The number of nitrogens with zero attached hydrogens (tertiary/aromatic N) is 3. The maximum absolute atomic E-state index is 13.0. The van der Waals surface area contributed by atoms with Gasteiger partial charge in [-0.25, -0.2) is 13.8 Å². The van der Waals surface area contributed by atoms with E-state index in [4.69, 9.17) is 4.74 Å². The Bertz CT molecular complexity index is 1270. The van der Waals surface area contributed by atoms with Gasteiger partial charge in [0.1, 0.15) is 29.8 Å². The number of benzene rings is 2. The maximum atomic E-state index is 13.0. The number of halogens is 2. The third-order valence-electron chi connectivity index (χ3n) is 5.31. The number of rotatable bonds is 6. The van der Waals surface area contributed by atoms with Crippen LogP contribution < -0.4 is 4.74 Å². The zero-order valence-corrected chi connectivity index (χ0v) is 17.3. The van der Waals surface area contributed by atoms with Crippen molar-refractivity contribution in [1.82, 2.24) is 9.55 Å². The normalized spacial score (nSPS) is 11.1. The molecule has 2 heterocycles. The molecule has 156 valence electrons. The van der Waals surface area contributed by atoms with E-state index >= 15 is 0 Å². The molecule has 0 bridgehead atoms. The van der Waals surface area contributed by atoms with Gasteiger partial charge >= 0.3 is 0 Å². The van der Waals surface area contributed by atoms with Crippen LogP contribution in [-0.4, -0.2) is 16.0 Å². The van der Waals surface area contributed by atoms with Crippen molar-refractivity contribution in [3.05, 3.63) is 83.2 Å². The van der Waals surface area contributed by atoms with E-state index in [0.29, 0.717) is 12.3 Å². The number of fused-ring (bicyclic) bond motifs is 1. The van der Waals surface area contributed by atoms with Crippen LogP contribution in [0.15, 0.2) is 60.8 Å². The van der Waals surface area contributed by atoms with Crippen molar-refractivity contribution in [2.24, 2.45) is 0 Å². The number of hydrogen-bond acceptors (Lipinski definition) is 3. The minimum Gasteiger partial charge on any atom is -0.489 e. The van der Waals surface area contributed by atoms with Crippen LogP contribution in [0.1, 0.15) is 22.4 Å². The van der Waals surface area contributed by atoms with E-state index in [0.717, 1.165) is 39.0 Å². The Hall–Kier alpha value is -3.72. The first kappa shape index (κ1) is 20.5. The fourth-order valence-electron chi connectivity index (χ4n) is 3.85. The first-order chi connectivity index (χ1) is 15.0. The standard InChI is InChI=1S/C25H21F2N3O/c1-16-8-9-22(31-15-18-6-4-3-5-7-18)17(2)24(16)21-12-19(13-28)29-25-20(21)10-11-30(25)14-23(26)27/h3-12,23H,14-15H2,1-2H3. The summed E-state index contributed by atoms with van der Waals surface area (Å²) in [5, 5.41) is 10.2. The van der Waals surface area contributed by atoms with E-state index in [-0.39, 0.29) is 5.69 Å². The van der Waals surface area contributed by atoms with Crippen molar-refractivity contribution < 1.29 is 13.5 Å². The molecule has 0 saturated heterocycles. The Morgan fingerprint density at radius 3 is 2.58 bits per heavy atom. The molecule has 0 N–H and O–H groups in total. The van der Waals surface area contributed by atoms with Crippen molar-refractivity contribution in [3.63, 3.8) is 0 Å². The molecule has 0 atom stereocenters. The van der Waals surface area contributed by atoms with E-state index in [9.17, 15) is 14.0 Å². The Kier molecular flexibility index (Phi) is 5.68. The minimum atomic E-state index is -2.51. The smallest absolute Gasteiger partial charge is 0.256 e. The molecule has 4 rings (SSSR count). The molecule has 6 heteroatoms. The van der Waals surface area contributed by atoms with Gasteiger partial charge < -0.3 is 9.30 Å². The molecule has 0 fully saturated rings. The number of aromatic nitrogens is 2. The summed E-state index contributed by atoms with van der Waals surface area (Å²) in [5.74, 6) is 0.736. The molecular weight excluding hydrogens is 396 g/mol. The van der Waals surface area contributed by atoms with Crippen LogP contribution >= 0.6 is 0 Å². The molecule has 0 unspecified atom stereocenters. The van der Waals surface area contributed by atoms with Crippen LogP contribution in [0.4, 0.5) is 8.78 Å². The van der Waals surface area contributed by atoms with Gasteiger partial charge in [-0.05, 0) is 59.9 Å². The highest BCUT2D eigenvalue weighted by atomic mass is 19.3. The second-order valence-electron chi connectivity index (χ2n) is 7.42. The van der Waals surface area contributed by atoms with E-state index in [1.165, 1.54) is 4.57 Å². The number of ether oxygens (including phenoxy) is 1. The largest absolute Gasteiger partial charge is 0.489 e. The molecule has 31 heavy (non-hydrogen) atoms. The predicted molar refractivity (Wildman–Crippen MR) is 116 cm³/mol. The van der Waals surface area contributed by atoms with Crippen LogP contribution in [-0.2, 0) is 13.2 Å². The summed E-state index contributed by atoms with van der Waals surface area (Å²) in [4.78, 5) is 4.29. The second kappa shape index (κ2) is 8.57. The number of aryl methyl sites for hydroxylation is 1. The summed E-state index contributed by atoms with van der Waals surface area (Å²) in [7, 11) is 0. The second-order valence-corrected chi connectivity index (χ2v) is 7.42. The van der Waals surface area contributed by atoms with Crippen LogP contribution in [0.5, 0.6) is 5.75 Å². The van der Waals surface area contributed by atoms with Crippen molar-refractivity contribution in [1.29, 1.82) is 5.26 Å². The number of pyridine rings is 1. The summed E-state index contributed by atoms with van der Waals surface area (Å²) in [5.41, 5.74) is 5.26. The molecular formula is C25H21F2N3O. The van der Waals surface area contributed by atoms with Crippen LogP contribution in [0.25, 0.3) is 22.2 Å². The zero-order chi connectivity index (χ0) is 22.0. The monoisotopic (exact) mass is 417 g/mol. The molecule has 0 aliphatic heterocycles. The van der Waals surface area contributed by atoms with Gasteiger partial charge in [0.15, 0.2) is 0 Å². The third-order valence-corrected chi connectivity index (χ3v) is 5.31. The number of alkyl halides is 2. The number of hydrogen-bond donors (Lipinski definition) is 0. The molecule has 0 aliphatic rings. The van der Waals surface area contributed by atoms with Gasteiger partial charge in [0.05, 0.1) is 6.54 Å². The summed E-state index contributed by atoms with van der Waals surface area (Å²) in [6.07, 6.45) is -0.917. The summed E-state index contributed by atoms with van der Waals surface area (Å²) >= 11 is 0. The van der Waals surface area contributed by atoms with E-state index in [1.807, 2.05) is 56.3 Å². The lowest BCUT2D eigenvalue weighted by molar-refractivity contribution is 0.128. The molecule has 0 amide bonds. The Balaban J connectivity index is 1.82. The van der Waals surface area contributed by atoms with Crippen molar-refractivity contribution in [2.45, 2.75) is 33.4 Å². The first-order valence-electron chi connectivity index (χ1n) is 9.93. The minimum absolute atomic E-state index is 0.186. The van der Waals surface area contributed by atoms with E-state index < -0.39 is 13.0 Å². The predicted octanol–water partition coefficient (Wildman–Crippen LogP) is 6.04. The summed E-state index contributed by atoms with van der Waals surface area (Å²) in [6, 6.07) is 19.3. The van der Waals surface area contributed by atoms with Gasteiger partial charge in [-0.15, -0.1) is 0 Å². The fraction of sp³-hybridized carbons (Fsp3) is 0.200. The highest BCUT2D eigenvalue weighted by Crippen LogP contribution is 2.38. The fourth-order valence-corrected chi connectivity index (χ4v) is 3.85. The van der Waals surface area contributed by atoms with Gasteiger partial charge in [0, 0.05) is 11.6 Å². The van der Waals surface area contributed by atoms with Gasteiger partial charge in [-0.3, -0.25) is 0 Å². The van der Waals surface area contributed by atoms with E-state index in [2.05, 4.69) is 11.1 Å². The highest BCUT2D eigenvalue weighted by molar-refractivity contribution is 5.96. The van der Waals surface area contributed by atoms with Gasteiger partial charge in [-0.2, -0.15) is 5.26 Å². The molecule has 0 radical (unpaired) electrons. The Labute approximate surface area is 179 Å². The number of nitriles is 1. The lowest BCUT2D eigenvalue weighted by Crippen LogP contribution is -2.06. The first-order valence-corrected chi connectivity index (χ1v) is 9.93. The molecule has 2 aromatic carbocycles. The quantitative estimate of drug-likeness (QED) is 0.385. The Morgan fingerprint density at radius 1 is 1.10 bits per heavy atom. The van der Waals surface area contributed by atoms with Gasteiger partial charge in [0.25, 0.3) is 6.43 Å². The van der Waals surface area contributed by atoms with Crippen LogP contribution in [0.2, 0.25) is 0 Å². The summed E-state index contributed by atoms with van der Waals surface area (Å²) in [6.45, 7) is 3.92. The average Bonchev–Trinajstić information content (AvgIpc) is 3.16. The molecule has 2 aromatic heterocycles.